The standard InChI is InChI=1S/C17H16FN3O4S2/c18-15-2-1-3-17(12-15)27(24,25)21-10-8-20(9-11-21)26(22,23)16-6-4-14(13-19)5-7-16/h1-7,12H,8-11H2. The lowest BCUT2D eigenvalue weighted by molar-refractivity contribution is 0.272. The summed E-state index contributed by atoms with van der Waals surface area (Å²) in [5.41, 5.74) is 0.347. The number of nitriles is 1. The Hall–Kier alpha value is -2.32. The smallest absolute Gasteiger partial charge is 0.207 e. The van der Waals surface area contributed by atoms with Gasteiger partial charge in [0.15, 0.2) is 0 Å². The van der Waals surface area contributed by atoms with Crippen LogP contribution in [0.2, 0.25) is 0 Å². The maximum absolute atomic E-state index is 13.3. The average Bonchev–Trinajstić information content (AvgIpc) is 2.68. The molecular weight excluding hydrogens is 393 g/mol. The highest BCUT2D eigenvalue weighted by Crippen LogP contribution is 2.22. The molecule has 2 aromatic carbocycles. The molecule has 142 valence electrons. The van der Waals surface area contributed by atoms with Crippen LogP contribution in [-0.2, 0) is 20.0 Å². The van der Waals surface area contributed by atoms with Gasteiger partial charge in [0.05, 0.1) is 21.4 Å². The molecule has 0 spiro atoms. The first-order valence-electron chi connectivity index (χ1n) is 8.01. The maximum Gasteiger partial charge on any atom is 0.243 e. The third kappa shape index (κ3) is 3.86. The summed E-state index contributed by atoms with van der Waals surface area (Å²) in [6.07, 6.45) is 0. The second kappa shape index (κ2) is 7.36. The van der Waals surface area contributed by atoms with Gasteiger partial charge >= 0.3 is 0 Å². The van der Waals surface area contributed by atoms with E-state index in [4.69, 9.17) is 5.26 Å². The molecule has 0 bridgehead atoms. The highest BCUT2D eigenvalue weighted by atomic mass is 32.2. The molecule has 27 heavy (non-hydrogen) atoms. The van der Waals surface area contributed by atoms with E-state index in [2.05, 4.69) is 0 Å². The van der Waals surface area contributed by atoms with Crippen LogP contribution >= 0.6 is 0 Å². The van der Waals surface area contributed by atoms with E-state index in [1.54, 1.807) is 0 Å². The fourth-order valence-corrected chi connectivity index (χ4v) is 5.65. The molecule has 0 aromatic heterocycles. The second-order valence-electron chi connectivity index (χ2n) is 5.90. The van der Waals surface area contributed by atoms with Crippen molar-refractivity contribution in [2.24, 2.45) is 0 Å². The lowest BCUT2D eigenvalue weighted by Crippen LogP contribution is -2.50. The molecule has 1 heterocycles. The number of halogens is 1. The van der Waals surface area contributed by atoms with E-state index in [1.165, 1.54) is 40.7 Å². The predicted molar refractivity (Wildman–Crippen MR) is 95.1 cm³/mol. The van der Waals surface area contributed by atoms with Gasteiger partial charge < -0.3 is 0 Å². The number of nitrogens with zero attached hydrogens (tertiary/aromatic N) is 3. The van der Waals surface area contributed by atoms with Gasteiger partial charge in [0.1, 0.15) is 5.82 Å². The van der Waals surface area contributed by atoms with E-state index < -0.39 is 25.9 Å². The monoisotopic (exact) mass is 409 g/mol. The zero-order chi connectivity index (χ0) is 19.7. The summed E-state index contributed by atoms with van der Waals surface area (Å²) >= 11 is 0. The molecular formula is C17H16FN3O4S2. The molecule has 7 nitrogen and oxygen atoms in total. The number of hydrogen-bond donors (Lipinski definition) is 0. The van der Waals surface area contributed by atoms with Crippen molar-refractivity contribution in [2.45, 2.75) is 9.79 Å². The largest absolute Gasteiger partial charge is 0.243 e. The summed E-state index contributed by atoms with van der Waals surface area (Å²) in [6, 6.07) is 12.2. The highest BCUT2D eigenvalue weighted by molar-refractivity contribution is 7.89. The Labute approximate surface area is 157 Å². The summed E-state index contributed by atoms with van der Waals surface area (Å²) in [5, 5.41) is 8.80. The molecule has 1 aliphatic heterocycles. The molecule has 1 aliphatic rings. The third-order valence-corrected chi connectivity index (χ3v) is 8.06. The Bertz CT molecular complexity index is 1090. The number of hydrogen-bond acceptors (Lipinski definition) is 5. The van der Waals surface area contributed by atoms with Crippen LogP contribution < -0.4 is 0 Å². The summed E-state index contributed by atoms with van der Waals surface area (Å²) in [6.45, 7) is -0.101. The van der Waals surface area contributed by atoms with Gasteiger partial charge in [0, 0.05) is 26.2 Å². The van der Waals surface area contributed by atoms with Crippen molar-refractivity contribution < 1.29 is 21.2 Å². The fraction of sp³-hybridized carbons (Fsp3) is 0.235. The van der Waals surface area contributed by atoms with Crippen molar-refractivity contribution in [2.75, 3.05) is 26.2 Å². The van der Waals surface area contributed by atoms with E-state index in [0.29, 0.717) is 5.56 Å². The quantitative estimate of drug-likeness (QED) is 0.760. The maximum atomic E-state index is 13.3. The summed E-state index contributed by atoms with van der Waals surface area (Å²) in [5.74, 6) is -0.655. The van der Waals surface area contributed by atoms with E-state index in [9.17, 15) is 21.2 Å². The second-order valence-corrected chi connectivity index (χ2v) is 9.78. The predicted octanol–water partition coefficient (Wildman–Crippen LogP) is 1.39. The highest BCUT2D eigenvalue weighted by Gasteiger charge is 2.33. The van der Waals surface area contributed by atoms with Crippen LogP contribution in [0.5, 0.6) is 0 Å². The zero-order valence-corrected chi connectivity index (χ0v) is 15.7. The zero-order valence-electron chi connectivity index (χ0n) is 14.1. The van der Waals surface area contributed by atoms with Crippen molar-refractivity contribution in [3.05, 3.63) is 59.9 Å². The molecule has 0 atom stereocenters. The number of rotatable bonds is 4. The van der Waals surface area contributed by atoms with Crippen LogP contribution in [0.15, 0.2) is 58.3 Å². The minimum absolute atomic E-state index is 0.0170. The van der Waals surface area contributed by atoms with E-state index in [0.717, 1.165) is 16.4 Å². The summed E-state index contributed by atoms with van der Waals surface area (Å²) in [4.78, 5) is -0.117. The molecule has 0 unspecified atom stereocenters. The molecule has 0 aliphatic carbocycles. The Morgan fingerprint density at radius 2 is 1.33 bits per heavy atom. The topological polar surface area (TPSA) is 98.5 Å². The van der Waals surface area contributed by atoms with Gasteiger partial charge in [0.25, 0.3) is 0 Å². The molecule has 1 fully saturated rings. The van der Waals surface area contributed by atoms with Crippen molar-refractivity contribution >= 4 is 20.0 Å². The van der Waals surface area contributed by atoms with Gasteiger partial charge in [-0.05, 0) is 42.5 Å². The number of sulfonamides is 2. The van der Waals surface area contributed by atoms with Gasteiger partial charge in [-0.1, -0.05) is 6.07 Å². The van der Waals surface area contributed by atoms with Gasteiger partial charge in [0.2, 0.25) is 20.0 Å². The van der Waals surface area contributed by atoms with E-state index >= 15 is 0 Å². The van der Waals surface area contributed by atoms with Gasteiger partial charge in [-0.2, -0.15) is 13.9 Å². The average molecular weight is 409 g/mol. The van der Waals surface area contributed by atoms with Crippen LogP contribution in [0.25, 0.3) is 0 Å². The van der Waals surface area contributed by atoms with Crippen LogP contribution in [-0.4, -0.2) is 51.6 Å². The van der Waals surface area contributed by atoms with Crippen LogP contribution in [0.4, 0.5) is 4.39 Å². The number of benzene rings is 2. The van der Waals surface area contributed by atoms with Crippen molar-refractivity contribution in [3.8, 4) is 6.07 Å². The molecule has 0 saturated carbocycles. The summed E-state index contributed by atoms with van der Waals surface area (Å²) < 4.78 is 66.2. The van der Waals surface area contributed by atoms with Gasteiger partial charge in [-0.25, -0.2) is 21.2 Å². The van der Waals surface area contributed by atoms with Crippen molar-refractivity contribution in [1.82, 2.24) is 8.61 Å². The minimum Gasteiger partial charge on any atom is -0.207 e. The Morgan fingerprint density at radius 1 is 0.815 bits per heavy atom. The first-order valence-corrected chi connectivity index (χ1v) is 10.9. The normalized spacial score (nSPS) is 16.7. The lowest BCUT2D eigenvalue weighted by Gasteiger charge is -2.33. The molecule has 10 heteroatoms. The van der Waals surface area contributed by atoms with E-state index in [1.807, 2.05) is 6.07 Å². The molecule has 2 aromatic rings. The molecule has 3 rings (SSSR count). The molecule has 0 radical (unpaired) electrons. The first-order chi connectivity index (χ1) is 12.7. The number of piperazine rings is 1. The van der Waals surface area contributed by atoms with E-state index in [-0.39, 0.29) is 36.0 Å². The Kier molecular flexibility index (Phi) is 5.30. The summed E-state index contributed by atoms with van der Waals surface area (Å²) in [7, 11) is -7.68. The molecule has 1 saturated heterocycles. The first kappa shape index (κ1) is 19.4. The van der Waals surface area contributed by atoms with Gasteiger partial charge in [-0.3, -0.25) is 0 Å². The molecule has 0 amide bonds. The van der Waals surface area contributed by atoms with Crippen molar-refractivity contribution in [1.29, 1.82) is 5.26 Å². The van der Waals surface area contributed by atoms with Crippen molar-refractivity contribution in [3.63, 3.8) is 0 Å². The molecule has 0 N–H and O–H groups in total. The van der Waals surface area contributed by atoms with Crippen LogP contribution in [0, 0.1) is 17.1 Å². The fourth-order valence-electron chi connectivity index (χ4n) is 2.78. The lowest BCUT2D eigenvalue weighted by atomic mass is 10.2. The third-order valence-electron chi connectivity index (χ3n) is 4.25. The van der Waals surface area contributed by atoms with Crippen LogP contribution in [0.1, 0.15) is 5.56 Å². The minimum atomic E-state index is -3.89. The van der Waals surface area contributed by atoms with Gasteiger partial charge in [-0.15, -0.1) is 0 Å². The Morgan fingerprint density at radius 3 is 1.81 bits per heavy atom. The Balaban J connectivity index is 1.75. The SMILES string of the molecule is N#Cc1ccc(S(=O)(=O)N2CCN(S(=O)(=O)c3cccc(F)c3)CC2)cc1. The van der Waals surface area contributed by atoms with Crippen LogP contribution in [0.3, 0.4) is 0 Å².